The lowest BCUT2D eigenvalue weighted by molar-refractivity contribution is -0.384. The summed E-state index contributed by atoms with van der Waals surface area (Å²) < 4.78 is 36.2. The van der Waals surface area contributed by atoms with Crippen LogP contribution in [0.3, 0.4) is 0 Å². The fourth-order valence-electron chi connectivity index (χ4n) is 8.83. The number of aromatic nitrogens is 2. The minimum atomic E-state index is -4.56. The van der Waals surface area contributed by atoms with Crippen molar-refractivity contribution in [3.05, 3.63) is 116 Å². The maximum atomic E-state index is 14.0. The van der Waals surface area contributed by atoms with Crippen LogP contribution in [0.1, 0.15) is 67.6 Å². The number of nitro benzene ring substituents is 1. The van der Waals surface area contributed by atoms with E-state index in [0.717, 1.165) is 106 Å². The molecule has 2 saturated heterocycles. The number of hydrogen-bond donors (Lipinski definition) is 3. The number of aromatic amines is 1. The molecular weight excluding hydrogens is 828 g/mol. The molecule has 0 saturated carbocycles. The Kier molecular flexibility index (Phi) is 12.3. The highest BCUT2D eigenvalue weighted by molar-refractivity contribution is 7.90. The van der Waals surface area contributed by atoms with Crippen LogP contribution < -0.4 is 19.7 Å². The van der Waals surface area contributed by atoms with Gasteiger partial charge in [0.1, 0.15) is 17.2 Å². The van der Waals surface area contributed by atoms with Crippen LogP contribution in [0.5, 0.6) is 11.5 Å². The van der Waals surface area contributed by atoms with Gasteiger partial charge < -0.3 is 19.9 Å². The SMILES string of the molecule is Cc1[nH]nc2cccc(Oc3cc(N4CCN(CC5=C(c6ccc(Cl)cc6)CC(C)(C)CC5)CC4)ccc3C(=O)NS(=O)(=O)c3ccc(NC4CCN(C)CC4)c([N+](=O)[O-])c3)c12. The van der Waals surface area contributed by atoms with Gasteiger partial charge in [-0.2, -0.15) is 5.10 Å². The molecule has 0 unspecified atom stereocenters. The summed E-state index contributed by atoms with van der Waals surface area (Å²) in [6.07, 6.45) is 4.79. The number of fused-ring (bicyclic) bond motifs is 1. The molecule has 62 heavy (non-hydrogen) atoms. The van der Waals surface area contributed by atoms with E-state index >= 15 is 0 Å². The highest BCUT2D eigenvalue weighted by atomic mass is 35.5. The Labute approximate surface area is 367 Å². The van der Waals surface area contributed by atoms with E-state index in [1.165, 1.54) is 28.8 Å². The van der Waals surface area contributed by atoms with Crippen LogP contribution in [0.4, 0.5) is 17.1 Å². The van der Waals surface area contributed by atoms with Crippen LogP contribution in [0.2, 0.25) is 5.02 Å². The summed E-state index contributed by atoms with van der Waals surface area (Å²) in [5.74, 6) is -0.350. The number of sulfonamides is 1. The monoisotopic (exact) mass is 880 g/mol. The number of H-pyrrole nitrogens is 1. The molecule has 0 bridgehead atoms. The fraction of sp³-hybridized carbons (Fsp3) is 0.391. The Hall–Kier alpha value is -5.48. The third-order valence-electron chi connectivity index (χ3n) is 12.5. The van der Waals surface area contributed by atoms with E-state index in [2.05, 4.69) is 60.9 Å². The molecule has 8 rings (SSSR count). The van der Waals surface area contributed by atoms with Crippen LogP contribution in [0.15, 0.2) is 89.3 Å². The van der Waals surface area contributed by atoms with Gasteiger partial charge in [0.25, 0.3) is 21.6 Å². The molecule has 1 aliphatic carbocycles. The van der Waals surface area contributed by atoms with Gasteiger partial charge in [0.15, 0.2) is 0 Å². The Bertz CT molecular complexity index is 2630. The third-order valence-corrected chi connectivity index (χ3v) is 14.0. The lowest BCUT2D eigenvalue weighted by atomic mass is 9.72. The van der Waals surface area contributed by atoms with Gasteiger partial charge in [-0.1, -0.05) is 49.2 Å². The van der Waals surface area contributed by atoms with Crippen molar-refractivity contribution in [1.82, 2.24) is 24.7 Å². The fourth-order valence-corrected chi connectivity index (χ4v) is 9.94. The molecule has 0 atom stereocenters. The molecule has 3 N–H and O–H groups in total. The first-order chi connectivity index (χ1) is 29.6. The van der Waals surface area contributed by atoms with Gasteiger partial charge >= 0.3 is 0 Å². The smallest absolute Gasteiger partial charge is 0.293 e. The number of piperazine rings is 1. The number of amides is 1. The Morgan fingerprint density at radius 3 is 2.45 bits per heavy atom. The van der Waals surface area contributed by atoms with Gasteiger partial charge in [-0.3, -0.25) is 24.9 Å². The number of carbonyl (C=O) groups is 1. The van der Waals surface area contributed by atoms with Gasteiger partial charge in [0.2, 0.25) is 0 Å². The van der Waals surface area contributed by atoms with Crippen LogP contribution in [-0.4, -0.2) is 98.1 Å². The van der Waals surface area contributed by atoms with Crippen LogP contribution >= 0.6 is 11.6 Å². The minimum absolute atomic E-state index is 0.00927. The Morgan fingerprint density at radius 1 is 0.984 bits per heavy atom. The normalized spacial score (nSPS) is 17.9. The largest absolute Gasteiger partial charge is 0.456 e. The number of likely N-dealkylation sites (tertiary alicyclic amines) is 1. The minimum Gasteiger partial charge on any atom is -0.456 e. The van der Waals surface area contributed by atoms with Crippen molar-refractivity contribution >= 4 is 61.1 Å². The molecule has 0 radical (unpaired) electrons. The number of ether oxygens (including phenoxy) is 1. The average Bonchev–Trinajstić information content (AvgIpc) is 3.63. The summed E-state index contributed by atoms with van der Waals surface area (Å²) in [5.41, 5.74) is 6.41. The molecule has 0 spiro atoms. The number of carbonyl (C=O) groups excluding carboxylic acids is 1. The van der Waals surface area contributed by atoms with E-state index in [-0.39, 0.29) is 28.5 Å². The lowest BCUT2D eigenvalue weighted by Gasteiger charge is -2.39. The second-order valence-electron chi connectivity index (χ2n) is 17.6. The number of piperidine rings is 1. The number of aryl methyl sites for hydroxylation is 1. The molecule has 4 aromatic carbocycles. The quantitative estimate of drug-likeness (QED) is 0.0811. The van der Waals surface area contributed by atoms with Crippen molar-refractivity contribution in [2.45, 2.75) is 63.8 Å². The van der Waals surface area contributed by atoms with E-state index in [1.54, 1.807) is 30.3 Å². The molecule has 14 nitrogen and oxygen atoms in total. The van der Waals surface area contributed by atoms with E-state index in [4.69, 9.17) is 16.3 Å². The highest BCUT2D eigenvalue weighted by Crippen LogP contribution is 2.44. The second-order valence-corrected chi connectivity index (χ2v) is 19.7. The molecule has 2 aliphatic heterocycles. The van der Waals surface area contributed by atoms with Crippen LogP contribution in [-0.2, 0) is 10.0 Å². The number of nitrogens with zero attached hydrogens (tertiary/aromatic N) is 5. The first-order valence-electron chi connectivity index (χ1n) is 21.1. The lowest BCUT2D eigenvalue weighted by Crippen LogP contribution is -2.47. The van der Waals surface area contributed by atoms with Crippen molar-refractivity contribution in [2.24, 2.45) is 5.41 Å². The van der Waals surface area contributed by atoms with Crippen LogP contribution in [0.25, 0.3) is 16.5 Å². The van der Waals surface area contributed by atoms with E-state index in [0.29, 0.717) is 11.3 Å². The predicted molar refractivity (Wildman–Crippen MR) is 244 cm³/mol. The van der Waals surface area contributed by atoms with Crippen molar-refractivity contribution in [2.75, 3.05) is 63.1 Å². The maximum Gasteiger partial charge on any atom is 0.293 e. The van der Waals surface area contributed by atoms with Crippen LogP contribution in [0, 0.1) is 22.5 Å². The Morgan fingerprint density at radius 2 is 1.73 bits per heavy atom. The summed E-state index contributed by atoms with van der Waals surface area (Å²) in [6.45, 7) is 12.2. The molecule has 3 aliphatic rings. The van der Waals surface area contributed by atoms with E-state index in [9.17, 15) is 23.3 Å². The van der Waals surface area contributed by atoms with Gasteiger partial charge in [-0.05, 0) is 124 Å². The summed E-state index contributed by atoms with van der Waals surface area (Å²) in [5, 5.41) is 24.2. The first kappa shape index (κ1) is 43.2. The number of halogens is 1. The zero-order valence-electron chi connectivity index (χ0n) is 35.5. The average molecular weight is 881 g/mol. The molecule has 3 heterocycles. The van der Waals surface area contributed by atoms with E-state index < -0.39 is 31.4 Å². The van der Waals surface area contributed by atoms with Crippen molar-refractivity contribution in [3.63, 3.8) is 0 Å². The first-order valence-corrected chi connectivity index (χ1v) is 23.0. The van der Waals surface area contributed by atoms with E-state index in [1.807, 2.05) is 32.2 Å². The Balaban J connectivity index is 1.03. The molecule has 1 amide bonds. The zero-order chi connectivity index (χ0) is 43.8. The van der Waals surface area contributed by atoms with Gasteiger partial charge in [0.05, 0.1) is 26.3 Å². The number of anilines is 2. The summed E-state index contributed by atoms with van der Waals surface area (Å²) in [6, 6.07) is 22.4. The number of rotatable bonds is 12. The predicted octanol–water partition coefficient (Wildman–Crippen LogP) is 8.64. The summed E-state index contributed by atoms with van der Waals surface area (Å²) in [7, 11) is -2.53. The van der Waals surface area contributed by atoms with Crippen molar-refractivity contribution in [1.29, 1.82) is 0 Å². The molecular formula is C46H53ClN8O6S. The molecule has 16 heteroatoms. The standard InChI is InChI=1S/C46H53ClN8O6S/c1-30-44-40(50-49-30)6-5-7-42(44)61-43-26-35(54-24-22-53(23-25-54)29-32-16-19-46(2,3)28-38(32)31-8-10-33(47)11-9-31)12-14-37(43)45(56)51-62(59,60)36-13-15-39(41(27-36)55(57)58)48-34-17-20-52(4)21-18-34/h5-15,26-27,34,48H,16-25,28-29H2,1-4H3,(H,49,50)(H,51,56). The molecule has 1 aromatic heterocycles. The van der Waals surface area contributed by atoms with Gasteiger partial charge in [-0.15, -0.1) is 0 Å². The van der Waals surface area contributed by atoms with Gasteiger partial charge in [0, 0.05) is 67.3 Å². The molecule has 5 aromatic rings. The number of benzene rings is 4. The number of allylic oxidation sites excluding steroid dienone is 1. The highest BCUT2D eigenvalue weighted by Gasteiger charge is 2.31. The number of hydrogen-bond acceptors (Lipinski definition) is 11. The van der Waals surface area contributed by atoms with Crippen molar-refractivity contribution in [3.8, 4) is 11.5 Å². The topological polar surface area (TPSA) is 166 Å². The molecule has 2 fully saturated rings. The maximum absolute atomic E-state index is 14.0. The van der Waals surface area contributed by atoms with Gasteiger partial charge in [-0.25, -0.2) is 13.1 Å². The summed E-state index contributed by atoms with van der Waals surface area (Å²) >= 11 is 6.25. The van der Waals surface area contributed by atoms with Crippen molar-refractivity contribution < 1.29 is 22.9 Å². The third kappa shape index (κ3) is 9.60. The second kappa shape index (κ2) is 17.7. The number of nitrogens with one attached hydrogen (secondary N) is 3. The summed E-state index contributed by atoms with van der Waals surface area (Å²) in [4.78, 5) is 32.1. The molecule has 326 valence electrons. The zero-order valence-corrected chi connectivity index (χ0v) is 37.1. The number of nitro groups is 1.